The van der Waals surface area contributed by atoms with Gasteiger partial charge in [0.25, 0.3) is 5.91 Å². The van der Waals surface area contributed by atoms with Gasteiger partial charge >= 0.3 is 5.63 Å². The molecule has 1 saturated heterocycles. The van der Waals surface area contributed by atoms with E-state index in [9.17, 15) is 9.59 Å². The number of hydrogen-bond acceptors (Lipinski definition) is 4. The van der Waals surface area contributed by atoms with Crippen molar-refractivity contribution in [3.63, 3.8) is 0 Å². The Kier molecular flexibility index (Phi) is 3.28. The summed E-state index contributed by atoms with van der Waals surface area (Å²) < 4.78 is 5.17. The van der Waals surface area contributed by atoms with E-state index in [2.05, 4.69) is 0 Å². The number of para-hydroxylation sites is 1. The van der Waals surface area contributed by atoms with Crippen LogP contribution in [0.25, 0.3) is 11.0 Å². The van der Waals surface area contributed by atoms with Crippen LogP contribution in [0.3, 0.4) is 0 Å². The Morgan fingerprint density at radius 2 is 2.20 bits per heavy atom. The molecule has 1 unspecified atom stereocenters. The molecule has 0 saturated carbocycles. The summed E-state index contributed by atoms with van der Waals surface area (Å²) in [6.45, 7) is 1.12. The number of aliphatic hydroxyl groups excluding tert-OH is 1. The maximum atomic E-state index is 12.4. The van der Waals surface area contributed by atoms with Crippen LogP contribution in [0.15, 0.2) is 39.5 Å². The third-order valence-electron chi connectivity index (χ3n) is 3.70. The Hall–Kier alpha value is -2.14. The summed E-state index contributed by atoms with van der Waals surface area (Å²) in [6.07, 6.45) is 0.765. The fourth-order valence-electron chi connectivity index (χ4n) is 2.55. The van der Waals surface area contributed by atoms with Crippen molar-refractivity contribution in [1.82, 2.24) is 4.90 Å². The lowest BCUT2D eigenvalue weighted by Gasteiger charge is -2.15. The predicted octanol–water partition coefficient (Wildman–Crippen LogP) is 1.25. The van der Waals surface area contributed by atoms with E-state index in [0.717, 1.165) is 11.8 Å². The van der Waals surface area contributed by atoms with Gasteiger partial charge in [-0.15, -0.1) is 0 Å². The molecule has 3 rings (SSSR count). The highest BCUT2D eigenvalue weighted by molar-refractivity contribution is 5.96. The molecule has 2 heterocycles. The van der Waals surface area contributed by atoms with Crippen LogP contribution in [0.2, 0.25) is 0 Å². The minimum atomic E-state index is -0.610. The summed E-state index contributed by atoms with van der Waals surface area (Å²) in [5.41, 5.74) is -0.0767. The van der Waals surface area contributed by atoms with Crippen molar-refractivity contribution in [2.45, 2.75) is 6.42 Å². The first-order chi connectivity index (χ1) is 9.69. The normalized spacial score (nSPS) is 18.6. The zero-order chi connectivity index (χ0) is 14.1. The Morgan fingerprint density at radius 1 is 1.40 bits per heavy atom. The largest absolute Gasteiger partial charge is 0.422 e. The molecule has 2 aromatic rings. The van der Waals surface area contributed by atoms with Gasteiger partial charge < -0.3 is 14.4 Å². The average Bonchev–Trinajstić information content (AvgIpc) is 2.94. The molecule has 1 aliphatic heterocycles. The van der Waals surface area contributed by atoms with Crippen LogP contribution in [0.4, 0.5) is 0 Å². The molecule has 1 amide bonds. The highest BCUT2D eigenvalue weighted by atomic mass is 16.4. The summed E-state index contributed by atoms with van der Waals surface area (Å²) in [4.78, 5) is 25.9. The predicted molar refractivity (Wildman–Crippen MR) is 73.6 cm³/mol. The molecule has 1 aromatic heterocycles. The van der Waals surface area contributed by atoms with E-state index >= 15 is 0 Å². The Labute approximate surface area is 115 Å². The zero-order valence-corrected chi connectivity index (χ0v) is 10.9. The molecule has 0 aliphatic carbocycles. The lowest BCUT2D eigenvalue weighted by Crippen LogP contribution is -2.32. The second-order valence-electron chi connectivity index (χ2n) is 5.07. The van der Waals surface area contributed by atoms with Crippen molar-refractivity contribution in [2.75, 3.05) is 19.7 Å². The number of rotatable bonds is 2. The molecular weight excluding hydrogens is 258 g/mol. The van der Waals surface area contributed by atoms with Gasteiger partial charge in [0.15, 0.2) is 0 Å². The number of likely N-dealkylation sites (tertiary alicyclic amines) is 1. The fourth-order valence-corrected chi connectivity index (χ4v) is 2.55. The van der Waals surface area contributed by atoms with Gasteiger partial charge in [-0.3, -0.25) is 4.79 Å². The summed E-state index contributed by atoms with van der Waals surface area (Å²) >= 11 is 0. The number of carbonyl (C=O) groups excluding carboxylic acids is 1. The number of amides is 1. The minimum absolute atomic E-state index is 0.0577. The smallest absolute Gasteiger partial charge is 0.349 e. The van der Waals surface area contributed by atoms with Crippen molar-refractivity contribution in [3.05, 3.63) is 46.3 Å². The van der Waals surface area contributed by atoms with E-state index < -0.39 is 5.63 Å². The van der Waals surface area contributed by atoms with Gasteiger partial charge in [-0.2, -0.15) is 0 Å². The van der Waals surface area contributed by atoms with Gasteiger partial charge in [-0.1, -0.05) is 18.2 Å². The van der Waals surface area contributed by atoms with Crippen LogP contribution >= 0.6 is 0 Å². The topological polar surface area (TPSA) is 70.8 Å². The number of carbonyl (C=O) groups is 1. The molecule has 104 valence electrons. The minimum Gasteiger partial charge on any atom is -0.422 e. The number of hydrogen-bond donors (Lipinski definition) is 1. The van der Waals surface area contributed by atoms with E-state index in [1.165, 1.54) is 0 Å². The molecule has 0 bridgehead atoms. The Bertz CT molecular complexity index is 706. The van der Waals surface area contributed by atoms with Crippen molar-refractivity contribution < 1.29 is 14.3 Å². The third kappa shape index (κ3) is 2.20. The third-order valence-corrected chi connectivity index (χ3v) is 3.70. The number of aliphatic hydroxyl groups is 1. The highest BCUT2D eigenvalue weighted by Gasteiger charge is 2.28. The number of fused-ring (bicyclic) bond motifs is 1. The summed E-state index contributed by atoms with van der Waals surface area (Å²) in [7, 11) is 0. The maximum Gasteiger partial charge on any atom is 0.349 e. The lowest BCUT2D eigenvalue weighted by atomic mass is 10.1. The Balaban J connectivity index is 1.95. The molecule has 20 heavy (non-hydrogen) atoms. The Morgan fingerprint density at radius 3 is 2.95 bits per heavy atom. The molecule has 1 fully saturated rings. The van der Waals surface area contributed by atoms with E-state index in [4.69, 9.17) is 9.52 Å². The van der Waals surface area contributed by atoms with Crippen LogP contribution in [0.1, 0.15) is 16.8 Å². The monoisotopic (exact) mass is 273 g/mol. The van der Waals surface area contributed by atoms with E-state index in [-0.39, 0.29) is 24.0 Å². The number of nitrogens with zero attached hydrogens (tertiary/aromatic N) is 1. The molecule has 1 aliphatic rings. The SMILES string of the molecule is O=C(c1cc2ccccc2oc1=O)N1CCC(CO)C1. The molecule has 1 atom stereocenters. The van der Waals surface area contributed by atoms with Gasteiger partial charge in [-0.05, 0) is 18.6 Å². The molecule has 0 radical (unpaired) electrons. The quantitative estimate of drug-likeness (QED) is 0.836. The molecule has 1 N–H and O–H groups in total. The second-order valence-corrected chi connectivity index (χ2v) is 5.07. The van der Waals surface area contributed by atoms with Crippen molar-refractivity contribution in [2.24, 2.45) is 5.92 Å². The van der Waals surface area contributed by atoms with E-state index in [1.54, 1.807) is 29.2 Å². The van der Waals surface area contributed by atoms with Crippen LogP contribution < -0.4 is 5.63 Å². The first-order valence-corrected chi connectivity index (χ1v) is 6.62. The van der Waals surface area contributed by atoms with Crippen LogP contribution in [0, 0.1) is 5.92 Å². The summed E-state index contributed by atoms with van der Waals surface area (Å²) in [5, 5.41) is 9.84. The van der Waals surface area contributed by atoms with Crippen LogP contribution in [-0.2, 0) is 0 Å². The highest BCUT2D eigenvalue weighted by Crippen LogP contribution is 2.19. The molecular formula is C15H15NO4. The standard InChI is InChI=1S/C15H15NO4/c17-9-10-5-6-16(8-10)14(18)12-7-11-3-1-2-4-13(11)20-15(12)19/h1-4,7,10,17H,5-6,8-9H2. The second kappa shape index (κ2) is 5.09. The van der Waals surface area contributed by atoms with Gasteiger partial charge in [0, 0.05) is 31.0 Å². The van der Waals surface area contributed by atoms with Crippen molar-refractivity contribution in [3.8, 4) is 0 Å². The van der Waals surface area contributed by atoms with Gasteiger partial charge in [0.1, 0.15) is 11.1 Å². The summed E-state index contributed by atoms with van der Waals surface area (Å²) in [6, 6.07) is 8.68. The number of benzene rings is 1. The van der Waals surface area contributed by atoms with E-state index in [1.807, 2.05) is 6.07 Å². The average molecular weight is 273 g/mol. The molecule has 0 spiro atoms. The van der Waals surface area contributed by atoms with Crippen molar-refractivity contribution in [1.29, 1.82) is 0 Å². The zero-order valence-electron chi connectivity index (χ0n) is 10.9. The fraction of sp³-hybridized carbons (Fsp3) is 0.333. The molecule has 5 heteroatoms. The summed E-state index contributed by atoms with van der Waals surface area (Å²) in [5.74, 6) is -0.216. The molecule has 1 aromatic carbocycles. The van der Waals surface area contributed by atoms with Gasteiger partial charge in [-0.25, -0.2) is 4.79 Å². The first-order valence-electron chi connectivity index (χ1n) is 6.62. The van der Waals surface area contributed by atoms with Crippen LogP contribution in [-0.4, -0.2) is 35.6 Å². The first kappa shape index (κ1) is 12.9. The molecule has 5 nitrogen and oxygen atoms in total. The van der Waals surface area contributed by atoms with Crippen molar-refractivity contribution >= 4 is 16.9 Å². The van der Waals surface area contributed by atoms with Gasteiger partial charge in [0.2, 0.25) is 0 Å². The van der Waals surface area contributed by atoms with Gasteiger partial charge in [0.05, 0.1) is 0 Å². The lowest BCUT2D eigenvalue weighted by molar-refractivity contribution is 0.0778. The van der Waals surface area contributed by atoms with E-state index in [0.29, 0.717) is 18.7 Å². The van der Waals surface area contributed by atoms with Crippen LogP contribution in [0.5, 0.6) is 0 Å². The maximum absolute atomic E-state index is 12.4.